The summed E-state index contributed by atoms with van der Waals surface area (Å²) in [6, 6.07) is 55.9. The molecule has 0 spiro atoms. The fourth-order valence-electron chi connectivity index (χ4n) is 12.6. The first-order valence-corrected chi connectivity index (χ1v) is 38.4. The number of aromatic nitrogens is 6. The number of nitrogens with two attached hydrogens (primary N) is 1. The molecule has 0 saturated heterocycles. The second kappa shape index (κ2) is 37.3. The molecule has 11 aromatic rings. The van der Waals surface area contributed by atoms with E-state index in [1.807, 2.05) is 172 Å². The molecule has 0 bridgehead atoms. The van der Waals surface area contributed by atoms with Crippen molar-refractivity contribution in [3.63, 3.8) is 0 Å². The third kappa shape index (κ3) is 21.5. The van der Waals surface area contributed by atoms with Crippen LogP contribution in [0.25, 0.3) is 32.7 Å². The molecule has 20 nitrogen and oxygen atoms in total. The van der Waals surface area contributed by atoms with Crippen LogP contribution in [-0.2, 0) is 53.7 Å². The topological polar surface area (TPSA) is 264 Å². The molecule has 6 N–H and O–H groups in total. The maximum absolute atomic E-state index is 13.3. The van der Waals surface area contributed by atoms with E-state index in [9.17, 15) is 31.2 Å². The maximum atomic E-state index is 13.3. The highest BCUT2D eigenvalue weighted by Gasteiger charge is 2.26. The van der Waals surface area contributed by atoms with Gasteiger partial charge in [0.05, 0.1) is 51.4 Å². The molecule has 0 aliphatic heterocycles. The number of carboxylic acid groups (broad SMARTS) is 1. The van der Waals surface area contributed by atoms with Gasteiger partial charge in [-0.25, -0.2) is 0 Å². The van der Waals surface area contributed by atoms with E-state index in [1.165, 1.54) is 16.7 Å². The number of rotatable bonds is 27. The number of nitrogens with zero attached hydrogens (tertiary/aromatic N) is 8. The van der Waals surface area contributed by atoms with Gasteiger partial charge in [-0.2, -0.15) is 40.3 Å². The van der Waals surface area contributed by atoms with Crippen LogP contribution >= 0.6 is 0 Å². The van der Waals surface area contributed by atoms with Crippen LogP contribution in [0.2, 0.25) is 0 Å². The SMILES string of the molecule is C[C@@H](CC(=O)O)c1ccccc1.Cc1c(C[C@@H](CNC(=O)C[C@H](C)c2ccccc2)N(C)C)ccc2[nH]ncc12.Cc1ccc(S(=O)(=O)n2ncc3c(C)c(C[C@@H](CN)N(C)C)ccc32)cc1.Cc1ccc(S(=O)(=O)n2ncc3c(C)c(C[C@@H](CNC(=O)C[C@H](C)c4ccccc4)N(C)C)ccc32)cc1. The van der Waals surface area contributed by atoms with E-state index in [1.54, 1.807) is 60.9 Å². The van der Waals surface area contributed by atoms with E-state index in [0.717, 1.165) is 87.2 Å². The Morgan fingerprint density at radius 1 is 0.457 bits per heavy atom. The molecular formula is C83H104N12O8S2. The average Bonchev–Trinajstić information content (AvgIpc) is 1.64. The Labute approximate surface area is 620 Å². The second-order valence-electron chi connectivity index (χ2n) is 28.1. The average molecular weight is 1460 g/mol. The minimum Gasteiger partial charge on any atom is -0.481 e. The lowest BCUT2D eigenvalue weighted by molar-refractivity contribution is -0.137. The van der Waals surface area contributed by atoms with E-state index in [2.05, 4.69) is 105 Å². The quantitative estimate of drug-likeness (QED) is 0.0320. The first kappa shape index (κ1) is 81.0. The Kier molecular flexibility index (Phi) is 28.8. The normalized spacial score (nSPS) is 13.4. The van der Waals surface area contributed by atoms with Crippen LogP contribution in [0.15, 0.2) is 204 Å². The Balaban J connectivity index is 0.000000187. The van der Waals surface area contributed by atoms with Crippen LogP contribution < -0.4 is 16.4 Å². The standard InChI is InChI=1S/C30H36N4O3S.C23H30N4O.C20H26N4O2S.C10H12O2/c1-21-11-14-27(15-12-21)38(36,37)34-29-16-13-25(23(3)28(29)20-32-34)18-26(33(4)5)19-31-30(35)17-22(2)24-9-7-6-8-10-24;1-16(18-8-6-5-7-9-18)12-23(28)24-14-20(27(3)4)13-19-10-11-22-21(17(19)2)15-25-26-22;1-14-5-8-18(9-6-14)27(25,26)24-20-10-7-16(11-17(12-21)23(3)4)15(2)19(20)13-22-24;1-8(7-10(11)12)9-5-3-2-4-6-9/h6-16,20,22,26H,17-19H2,1-5H3,(H,31,35);5-11,15-16,20H,12-14H2,1-4H3,(H,24,28)(H,25,26);5-10,13,17H,11-12,21H2,1-4H3;2-6,8H,7H2,1H3,(H,11,12)/t22-,26-;16-,20-;17-;8-/m0000/s1. The fourth-order valence-corrected chi connectivity index (χ4v) is 15.2. The summed E-state index contributed by atoms with van der Waals surface area (Å²) in [4.78, 5) is 42.4. The lowest BCUT2D eigenvalue weighted by Gasteiger charge is -2.26. The number of likely N-dealkylation sites (N-methyl/N-ethyl adjacent to an activating group) is 3. The molecule has 0 aliphatic carbocycles. The second-order valence-corrected chi connectivity index (χ2v) is 31.6. The van der Waals surface area contributed by atoms with Gasteiger partial charge < -0.3 is 36.2 Å². The van der Waals surface area contributed by atoms with Crippen molar-refractivity contribution in [3.8, 4) is 0 Å². The molecule has 3 aromatic heterocycles. The van der Waals surface area contributed by atoms with Crippen LogP contribution in [0, 0.1) is 34.6 Å². The zero-order valence-electron chi connectivity index (χ0n) is 63.1. The third-order valence-electron chi connectivity index (χ3n) is 19.8. The van der Waals surface area contributed by atoms with Crippen LogP contribution in [0.5, 0.6) is 0 Å². The largest absolute Gasteiger partial charge is 0.481 e. The van der Waals surface area contributed by atoms with E-state index in [0.29, 0.717) is 49.9 Å². The number of benzene rings is 8. The van der Waals surface area contributed by atoms with Crippen LogP contribution in [0.1, 0.15) is 119 Å². The highest BCUT2D eigenvalue weighted by Crippen LogP contribution is 2.30. The molecule has 11 rings (SSSR count). The minimum atomic E-state index is -3.80. The molecule has 0 fully saturated rings. The predicted molar refractivity (Wildman–Crippen MR) is 422 cm³/mol. The lowest BCUT2D eigenvalue weighted by Crippen LogP contribution is -2.42. The van der Waals surface area contributed by atoms with Crippen LogP contribution in [0.4, 0.5) is 0 Å². The van der Waals surface area contributed by atoms with Crippen molar-refractivity contribution in [2.75, 3.05) is 61.9 Å². The summed E-state index contributed by atoms with van der Waals surface area (Å²) >= 11 is 0. The monoisotopic (exact) mass is 1460 g/mol. The molecule has 3 heterocycles. The Bertz CT molecular complexity index is 4890. The number of carbonyl (C=O) groups excluding carboxylic acids is 2. The van der Waals surface area contributed by atoms with E-state index < -0.39 is 26.0 Å². The number of H-pyrrole nitrogens is 1. The van der Waals surface area contributed by atoms with E-state index in [-0.39, 0.29) is 63.9 Å². The van der Waals surface area contributed by atoms with Crippen LogP contribution in [-0.4, -0.2) is 163 Å². The highest BCUT2D eigenvalue weighted by molar-refractivity contribution is 7.90. The van der Waals surface area contributed by atoms with Gasteiger partial charge in [-0.05, 0) is 206 Å². The van der Waals surface area contributed by atoms with Gasteiger partial charge in [0.2, 0.25) is 11.8 Å². The van der Waals surface area contributed by atoms with Crippen molar-refractivity contribution in [1.82, 2.24) is 53.9 Å². The maximum Gasteiger partial charge on any atom is 0.303 e. The number of carboxylic acids is 1. The summed E-state index contributed by atoms with van der Waals surface area (Å²) in [5, 5.41) is 33.2. The number of nitrogens with one attached hydrogen (secondary N) is 3. The molecule has 556 valence electrons. The molecular weight excluding hydrogens is 1360 g/mol. The molecule has 2 amide bonds. The first-order valence-electron chi connectivity index (χ1n) is 35.6. The fraction of sp³-hybridized carbons (Fsp3) is 0.349. The Morgan fingerprint density at radius 3 is 1.15 bits per heavy atom. The summed E-state index contributed by atoms with van der Waals surface area (Å²) in [5.41, 5.74) is 20.3. The molecule has 6 atom stereocenters. The van der Waals surface area contributed by atoms with Crippen LogP contribution in [0.3, 0.4) is 0 Å². The summed E-state index contributed by atoms with van der Waals surface area (Å²) in [7, 11) is 4.62. The highest BCUT2D eigenvalue weighted by atomic mass is 32.2. The Morgan fingerprint density at radius 2 is 0.800 bits per heavy atom. The number of aliphatic carboxylic acids is 1. The minimum absolute atomic E-state index is 0.0305. The number of carbonyl (C=O) groups is 3. The van der Waals surface area contributed by atoms with Crippen molar-refractivity contribution in [2.24, 2.45) is 5.73 Å². The molecule has 0 aliphatic rings. The number of fused-ring (bicyclic) bond motifs is 3. The van der Waals surface area contributed by atoms with E-state index >= 15 is 0 Å². The lowest BCUT2D eigenvalue weighted by atomic mass is 9.96. The number of hydrogen-bond donors (Lipinski definition) is 5. The van der Waals surface area contributed by atoms with Crippen molar-refractivity contribution in [2.45, 2.75) is 140 Å². The summed E-state index contributed by atoms with van der Waals surface area (Å²) < 4.78 is 54.8. The third-order valence-corrected chi connectivity index (χ3v) is 23.0. The van der Waals surface area contributed by atoms with Gasteiger partial charge in [0.1, 0.15) is 0 Å². The number of aromatic amines is 1. The van der Waals surface area contributed by atoms with Crippen molar-refractivity contribution in [1.29, 1.82) is 0 Å². The van der Waals surface area contributed by atoms with Gasteiger partial charge in [0, 0.05) is 66.8 Å². The number of amides is 2. The predicted octanol–water partition coefficient (Wildman–Crippen LogP) is 12.9. The zero-order chi connectivity index (χ0) is 76.3. The van der Waals surface area contributed by atoms with Gasteiger partial charge in [-0.1, -0.05) is 165 Å². The molecule has 22 heteroatoms. The first-order chi connectivity index (χ1) is 50.0. The number of hydrogen-bond acceptors (Lipinski definition) is 14. The summed E-state index contributed by atoms with van der Waals surface area (Å²) in [6.45, 7) is 17.8. The van der Waals surface area contributed by atoms with Crippen molar-refractivity contribution >= 4 is 70.5 Å². The van der Waals surface area contributed by atoms with Gasteiger partial charge in [-0.15, -0.1) is 0 Å². The zero-order valence-corrected chi connectivity index (χ0v) is 64.7. The molecule has 0 unspecified atom stereocenters. The smallest absolute Gasteiger partial charge is 0.303 e. The van der Waals surface area contributed by atoms with E-state index in [4.69, 9.17) is 10.8 Å². The van der Waals surface area contributed by atoms with Gasteiger partial charge >= 0.3 is 5.97 Å². The van der Waals surface area contributed by atoms with Crippen molar-refractivity contribution < 1.29 is 36.3 Å². The molecule has 0 saturated carbocycles. The molecule has 0 radical (unpaired) electrons. The summed E-state index contributed by atoms with van der Waals surface area (Å²) in [6.07, 6.45) is 8.67. The summed E-state index contributed by atoms with van der Waals surface area (Å²) in [5.74, 6) is -0.153. The Hall–Kier alpha value is -9.68. The van der Waals surface area contributed by atoms with Gasteiger partial charge in [0.15, 0.2) is 0 Å². The number of aryl methyl sites for hydroxylation is 5. The van der Waals surface area contributed by atoms with Gasteiger partial charge in [0.25, 0.3) is 20.0 Å². The molecule has 105 heavy (non-hydrogen) atoms. The van der Waals surface area contributed by atoms with Gasteiger partial charge in [-0.3, -0.25) is 19.5 Å². The van der Waals surface area contributed by atoms with Crippen molar-refractivity contribution in [3.05, 3.63) is 256 Å². The molecule has 8 aromatic carbocycles.